The summed E-state index contributed by atoms with van der Waals surface area (Å²) in [6, 6.07) is 25.3. The van der Waals surface area contributed by atoms with Crippen molar-refractivity contribution in [2.45, 2.75) is 33.7 Å². The summed E-state index contributed by atoms with van der Waals surface area (Å²) >= 11 is 0. The van der Waals surface area contributed by atoms with E-state index in [0.717, 1.165) is 22.4 Å². The quantitative estimate of drug-likeness (QED) is 0.554. The minimum absolute atomic E-state index is 0.00862. The van der Waals surface area contributed by atoms with Crippen LogP contribution in [-0.4, -0.2) is 18.4 Å². The van der Waals surface area contributed by atoms with E-state index in [9.17, 15) is 9.59 Å². The summed E-state index contributed by atoms with van der Waals surface area (Å²) < 4.78 is 0. The van der Waals surface area contributed by atoms with E-state index in [-0.39, 0.29) is 18.2 Å². The van der Waals surface area contributed by atoms with Crippen molar-refractivity contribution in [3.63, 3.8) is 0 Å². The zero-order valence-corrected chi connectivity index (χ0v) is 18.5. The van der Waals surface area contributed by atoms with Crippen molar-refractivity contribution in [1.29, 1.82) is 0 Å². The molecule has 160 valence electrons. The highest BCUT2D eigenvalue weighted by molar-refractivity contribution is 6.07. The maximum absolute atomic E-state index is 13.5. The number of amides is 2. The molecule has 4 heteroatoms. The Morgan fingerprint density at radius 1 is 0.871 bits per heavy atom. The third-order valence-corrected chi connectivity index (χ3v) is 5.10. The van der Waals surface area contributed by atoms with Crippen molar-refractivity contribution in [1.82, 2.24) is 5.32 Å². The van der Waals surface area contributed by atoms with Gasteiger partial charge in [-0.1, -0.05) is 74.5 Å². The third-order valence-electron chi connectivity index (χ3n) is 5.10. The van der Waals surface area contributed by atoms with Crippen molar-refractivity contribution in [3.05, 3.63) is 101 Å². The van der Waals surface area contributed by atoms with Crippen LogP contribution in [-0.2, 0) is 17.8 Å². The highest BCUT2D eigenvalue weighted by Gasteiger charge is 2.20. The molecule has 2 amide bonds. The van der Waals surface area contributed by atoms with E-state index in [1.165, 1.54) is 0 Å². The minimum atomic E-state index is -0.0524. The van der Waals surface area contributed by atoms with Crippen LogP contribution in [0.25, 0.3) is 0 Å². The summed E-state index contributed by atoms with van der Waals surface area (Å²) in [7, 11) is 0. The second-order valence-corrected chi connectivity index (χ2v) is 8.24. The summed E-state index contributed by atoms with van der Waals surface area (Å²) in [5.74, 6) is 0.345. The fourth-order valence-electron chi connectivity index (χ4n) is 3.40. The average molecular weight is 415 g/mol. The summed E-state index contributed by atoms with van der Waals surface area (Å²) in [6.07, 6.45) is 0.290. The standard InChI is InChI=1S/C27H30N2O2/c1-20(2)18-28-26(30)17-23-13-9-14-24(16-23)29(19-22-11-5-4-6-12-22)27(31)25-15-8-7-10-21(25)3/h4-16,20H,17-19H2,1-3H3,(H,28,30). The van der Waals surface area contributed by atoms with E-state index < -0.39 is 0 Å². The minimum Gasteiger partial charge on any atom is -0.356 e. The molecule has 0 fully saturated rings. The van der Waals surface area contributed by atoms with Crippen molar-refractivity contribution in [2.75, 3.05) is 11.4 Å². The van der Waals surface area contributed by atoms with Crippen LogP contribution < -0.4 is 10.2 Å². The molecule has 0 aromatic heterocycles. The van der Waals surface area contributed by atoms with Gasteiger partial charge in [0, 0.05) is 17.8 Å². The first-order chi connectivity index (χ1) is 14.9. The van der Waals surface area contributed by atoms with Gasteiger partial charge in [-0.05, 0) is 47.7 Å². The number of aryl methyl sites for hydroxylation is 1. The molecule has 0 unspecified atom stereocenters. The van der Waals surface area contributed by atoms with E-state index in [1.54, 1.807) is 4.90 Å². The lowest BCUT2D eigenvalue weighted by molar-refractivity contribution is -0.120. The molecule has 0 saturated carbocycles. The Labute approximate surface area is 184 Å². The molecule has 0 aliphatic rings. The normalized spacial score (nSPS) is 10.7. The van der Waals surface area contributed by atoms with E-state index >= 15 is 0 Å². The number of hydrogen-bond acceptors (Lipinski definition) is 2. The van der Waals surface area contributed by atoms with E-state index in [1.807, 2.05) is 85.8 Å². The van der Waals surface area contributed by atoms with Crippen molar-refractivity contribution >= 4 is 17.5 Å². The van der Waals surface area contributed by atoms with Gasteiger partial charge in [-0.15, -0.1) is 0 Å². The van der Waals surface area contributed by atoms with Gasteiger partial charge in [-0.25, -0.2) is 0 Å². The van der Waals surface area contributed by atoms with Crippen LogP contribution in [0, 0.1) is 12.8 Å². The number of carbonyl (C=O) groups is 2. The van der Waals surface area contributed by atoms with Crippen LogP contribution in [0.15, 0.2) is 78.9 Å². The Balaban J connectivity index is 1.89. The monoisotopic (exact) mass is 414 g/mol. The van der Waals surface area contributed by atoms with Crippen LogP contribution >= 0.6 is 0 Å². The van der Waals surface area contributed by atoms with Crippen LogP contribution in [0.2, 0.25) is 0 Å². The second-order valence-electron chi connectivity index (χ2n) is 8.24. The Hall–Kier alpha value is -3.40. The molecule has 1 N–H and O–H groups in total. The number of rotatable bonds is 8. The predicted octanol–water partition coefficient (Wildman–Crippen LogP) is 5.16. The average Bonchev–Trinajstić information content (AvgIpc) is 2.77. The summed E-state index contributed by atoms with van der Waals surface area (Å²) in [6.45, 7) is 7.20. The lowest BCUT2D eigenvalue weighted by atomic mass is 10.1. The first-order valence-electron chi connectivity index (χ1n) is 10.7. The van der Waals surface area contributed by atoms with Gasteiger partial charge in [-0.3, -0.25) is 9.59 Å². The van der Waals surface area contributed by atoms with E-state index in [0.29, 0.717) is 24.6 Å². The molecule has 0 heterocycles. The van der Waals surface area contributed by atoms with Gasteiger partial charge in [0.15, 0.2) is 0 Å². The molecule has 4 nitrogen and oxygen atoms in total. The lowest BCUT2D eigenvalue weighted by Crippen LogP contribution is -2.31. The molecule has 3 aromatic carbocycles. The number of anilines is 1. The fourth-order valence-corrected chi connectivity index (χ4v) is 3.40. The molecule has 3 rings (SSSR count). The molecule has 3 aromatic rings. The van der Waals surface area contributed by atoms with E-state index in [4.69, 9.17) is 0 Å². The summed E-state index contributed by atoms with van der Waals surface area (Å²) in [5, 5.41) is 2.96. The van der Waals surface area contributed by atoms with E-state index in [2.05, 4.69) is 19.2 Å². The molecule has 31 heavy (non-hydrogen) atoms. The number of carbonyl (C=O) groups excluding carboxylic acids is 2. The Bertz CT molecular complexity index is 1030. The highest BCUT2D eigenvalue weighted by atomic mass is 16.2. The summed E-state index contributed by atoms with van der Waals surface area (Å²) in [4.78, 5) is 27.6. The van der Waals surface area contributed by atoms with Gasteiger partial charge in [0.25, 0.3) is 5.91 Å². The molecule has 0 radical (unpaired) electrons. The second kappa shape index (κ2) is 10.6. The smallest absolute Gasteiger partial charge is 0.258 e. The number of hydrogen-bond donors (Lipinski definition) is 1. The zero-order chi connectivity index (χ0) is 22.2. The Morgan fingerprint density at radius 3 is 2.26 bits per heavy atom. The van der Waals surface area contributed by atoms with Crippen LogP contribution in [0.1, 0.15) is 40.9 Å². The largest absolute Gasteiger partial charge is 0.356 e. The third kappa shape index (κ3) is 6.29. The van der Waals surface area contributed by atoms with Gasteiger partial charge in [-0.2, -0.15) is 0 Å². The zero-order valence-electron chi connectivity index (χ0n) is 18.5. The van der Waals surface area contributed by atoms with Crippen LogP contribution in [0.5, 0.6) is 0 Å². The SMILES string of the molecule is Cc1ccccc1C(=O)N(Cc1ccccc1)c1cccc(CC(=O)NCC(C)C)c1. The number of benzene rings is 3. The van der Waals surface area contributed by atoms with Crippen LogP contribution in [0.4, 0.5) is 5.69 Å². The molecule has 0 aliphatic heterocycles. The molecule has 0 spiro atoms. The Morgan fingerprint density at radius 2 is 1.55 bits per heavy atom. The lowest BCUT2D eigenvalue weighted by Gasteiger charge is -2.24. The molecule has 0 aliphatic carbocycles. The predicted molar refractivity (Wildman–Crippen MR) is 126 cm³/mol. The highest BCUT2D eigenvalue weighted by Crippen LogP contribution is 2.23. The number of nitrogens with one attached hydrogen (secondary N) is 1. The van der Waals surface area contributed by atoms with Gasteiger partial charge in [0.2, 0.25) is 5.91 Å². The topological polar surface area (TPSA) is 49.4 Å². The van der Waals surface area contributed by atoms with Gasteiger partial charge in [0.1, 0.15) is 0 Å². The summed E-state index contributed by atoms with van der Waals surface area (Å²) in [5.41, 5.74) is 4.33. The van der Waals surface area contributed by atoms with Crippen molar-refractivity contribution in [3.8, 4) is 0 Å². The maximum Gasteiger partial charge on any atom is 0.258 e. The fraction of sp³-hybridized carbons (Fsp3) is 0.259. The van der Waals surface area contributed by atoms with Crippen molar-refractivity contribution in [2.24, 2.45) is 5.92 Å². The maximum atomic E-state index is 13.5. The van der Waals surface area contributed by atoms with Gasteiger partial charge >= 0.3 is 0 Å². The molecule has 0 atom stereocenters. The molecule has 0 saturated heterocycles. The number of nitrogens with zero attached hydrogens (tertiary/aromatic N) is 1. The molecular weight excluding hydrogens is 384 g/mol. The van der Waals surface area contributed by atoms with Crippen LogP contribution in [0.3, 0.4) is 0 Å². The van der Waals surface area contributed by atoms with Gasteiger partial charge < -0.3 is 10.2 Å². The molecule has 0 bridgehead atoms. The first-order valence-corrected chi connectivity index (χ1v) is 10.7. The first kappa shape index (κ1) is 22.3. The molecular formula is C27H30N2O2. The van der Waals surface area contributed by atoms with Crippen molar-refractivity contribution < 1.29 is 9.59 Å². The Kier molecular flexibility index (Phi) is 7.60. The van der Waals surface area contributed by atoms with Gasteiger partial charge in [0.05, 0.1) is 13.0 Å².